The lowest BCUT2D eigenvalue weighted by atomic mass is 10.3. The highest BCUT2D eigenvalue weighted by molar-refractivity contribution is 5.57. The number of pyridine rings is 1. The summed E-state index contributed by atoms with van der Waals surface area (Å²) in [5, 5.41) is 3.11. The van der Waals surface area contributed by atoms with Crippen molar-refractivity contribution in [3.05, 3.63) is 42.6 Å². The summed E-state index contributed by atoms with van der Waals surface area (Å²) >= 11 is 0. The Morgan fingerprint density at radius 3 is 2.87 bits per heavy atom. The molecule has 0 fully saturated rings. The van der Waals surface area contributed by atoms with Crippen molar-refractivity contribution >= 4 is 11.5 Å². The van der Waals surface area contributed by atoms with E-state index in [9.17, 15) is 0 Å². The van der Waals surface area contributed by atoms with Crippen molar-refractivity contribution in [2.45, 2.75) is 6.54 Å². The first-order valence-electron chi connectivity index (χ1n) is 4.57. The molecule has 0 aliphatic heterocycles. The van der Waals surface area contributed by atoms with Gasteiger partial charge >= 0.3 is 0 Å². The molecule has 76 valence electrons. The van der Waals surface area contributed by atoms with Gasteiger partial charge in [-0.15, -0.1) is 0 Å². The van der Waals surface area contributed by atoms with Gasteiger partial charge in [0.15, 0.2) is 0 Å². The second kappa shape index (κ2) is 4.47. The maximum Gasteiger partial charge on any atom is 0.148 e. The largest absolute Gasteiger partial charge is 0.337 e. The van der Waals surface area contributed by atoms with Crippen LogP contribution >= 0.6 is 0 Å². The molecule has 0 aliphatic carbocycles. The van der Waals surface area contributed by atoms with Crippen molar-refractivity contribution in [1.29, 1.82) is 0 Å². The fourth-order valence-electron chi connectivity index (χ4n) is 1.22. The zero-order chi connectivity index (χ0) is 10.5. The molecule has 2 aromatic rings. The Kier molecular flexibility index (Phi) is 2.85. The number of nitrogens with one attached hydrogen (secondary N) is 1. The highest BCUT2D eigenvalue weighted by atomic mass is 15.0. The number of nitrogens with zero attached hydrogens (tertiary/aromatic N) is 3. The smallest absolute Gasteiger partial charge is 0.148 e. The lowest BCUT2D eigenvalue weighted by Crippen LogP contribution is -2.04. The molecule has 15 heavy (non-hydrogen) atoms. The van der Waals surface area contributed by atoms with Crippen LogP contribution in [0.2, 0.25) is 0 Å². The van der Waals surface area contributed by atoms with Crippen LogP contribution in [-0.2, 0) is 6.54 Å². The van der Waals surface area contributed by atoms with E-state index in [0.29, 0.717) is 12.4 Å². The third-order valence-corrected chi connectivity index (χ3v) is 1.91. The van der Waals surface area contributed by atoms with Crippen LogP contribution in [0.4, 0.5) is 11.5 Å². The van der Waals surface area contributed by atoms with Crippen LogP contribution in [0.5, 0.6) is 0 Å². The van der Waals surface area contributed by atoms with E-state index in [-0.39, 0.29) is 0 Å². The molecule has 5 heteroatoms. The predicted molar refractivity (Wildman–Crippen MR) is 57.4 cm³/mol. The van der Waals surface area contributed by atoms with Gasteiger partial charge in [-0.1, -0.05) is 0 Å². The lowest BCUT2D eigenvalue weighted by Gasteiger charge is -2.07. The van der Waals surface area contributed by atoms with Gasteiger partial charge in [0.25, 0.3) is 0 Å². The summed E-state index contributed by atoms with van der Waals surface area (Å²) in [5.74, 6) is 0.681. The van der Waals surface area contributed by atoms with E-state index < -0.39 is 0 Å². The first-order valence-corrected chi connectivity index (χ1v) is 4.57. The van der Waals surface area contributed by atoms with Gasteiger partial charge in [0, 0.05) is 25.1 Å². The summed E-state index contributed by atoms with van der Waals surface area (Å²) < 4.78 is 0. The van der Waals surface area contributed by atoms with Crippen molar-refractivity contribution in [2.75, 3.05) is 5.32 Å². The third kappa shape index (κ3) is 2.26. The number of nitrogens with two attached hydrogens (primary N) is 1. The predicted octanol–water partition coefficient (Wildman–Crippen LogP) is 1.07. The molecule has 2 heterocycles. The summed E-state index contributed by atoms with van der Waals surface area (Å²) in [4.78, 5) is 12.2. The summed E-state index contributed by atoms with van der Waals surface area (Å²) in [6.45, 7) is 0.392. The van der Waals surface area contributed by atoms with E-state index in [1.165, 1.54) is 0 Å². The maximum absolute atomic E-state index is 5.57. The molecule has 0 saturated heterocycles. The molecule has 2 aromatic heterocycles. The fraction of sp³-hybridized carbons (Fsp3) is 0.100. The minimum atomic E-state index is 0.392. The molecule has 0 aromatic carbocycles. The van der Waals surface area contributed by atoms with Crippen molar-refractivity contribution in [2.24, 2.45) is 5.73 Å². The zero-order valence-corrected chi connectivity index (χ0v) is 8.09. The molecule has 0 radical (unpaired) electrons. The quantitative estimate of drug-likeness (QED) is 0.776. The SMILES string of the molecule is NCc1ncccc1Nc1cnccn1. The number of anilines is 2. The van der Waals surface area contributed by atoms with Crippen LogP contribution < -0.4 is 11.1 Å². The number of hydrogen-bond acceptors (Lipinski definition) is 5. The van der Waals surface area contributed by atoms with E-state index in [1.807, 2.05) is 12.1 Å². The maximum atomic E-state index is 5.57. The van der Waals surface area contributed by atoms with Gasteiger partial charge in [-0.05, 0) is 12.1 Å². The second-order valence-corrected chi connectivity index (χ2v) is 2.92. The van der Waals surface area contributed by atoms with Gasteiger partial charge in [0.05, 0.1) is 17.6 Å². The average molecular weight is 201 g/mol. The van der Waals surface area contributed by atoms with Crippen LogP contribution in [0.3, 0.4) is 0 Å². The van der Waals surface area contributed by atoms with E-state index in [4.69, 9.17) is 5.73 Å². The van der Waals surface area contributed by atoms with E-state index >= 15 is 0 Å². The Hall–Kier alpha value is -2.01. The Bertz CT molecular complexity index is 429. The van der Waals surface area contributed by atoms with Gasteiger partial charge in [-0.3, -0.25) is 9.97 Å². The van der Waals surface area contributed by atoms with E-state index in [0.717, 1.165) is 11.4 Å². The molecular formula is C10H11N5. The van der Waals surface area contributed by atoms with Crippen molar-refractivity contribution < 1.29 is 0 Å². The normalized spacial score (nSPS) is 9.93. The van der Waals surface area contributed by atoms with Crippen molar-refractivity contribution in [3.8, 4) is 0 Å². The zero-order valence-electron chi connectivity index (χ0n) is 8.09. The molecule has 5 nitrogen and oxygen atoms in total. The monoisotopic (exact) mass is 201 g/mol. The molecule has 0 amide bonds. The summed E-state index contributed by atoms with van der Waals surface area (Å²) in [7, 11) is 0. The van der Waals surface area contributed by atoms with Crippen LogP contribution in [0.25, 0.3) is 0 Å². The van der Waals surface area contributed by atoms with Crippen LogP contribution in [0.15, 0.2) is 36.9 Å². The molecule has 0 saturated carbocycles. The summed E-state index contributed by atoms with van der Waals surface area (Å²) in [5.41, 5.74) is 7.24. The van der Waals surface area contributed by atoms with Crippen molar-refractivity contribution in [3.63, 3.8) is 0 Å². The first-order chi connectivity index (χ1) is 7.40. The lowest BCUT2D eigenvalue weighted by molar-refractivity contribution is 0.992. The molecule has 2 rings (SSSR count). The average Bonchev–Trinajstić information content (AvgIpc) is 2.31. The Balaban J connectivity index is 2.24. The number of aromatic nitrogens is 3. The topological polar surface area (TPSA) is 76.7 Å². The number of rotatable bonds is 3. The van der Waals surface area contributed by atoms with E-state index in [1.54, 1.807) is 24.8 Å². The second-order valence-electron chi connectivity index (χ2n) is 2.92. The highest BCUT2D eigenvalue weighted by Crippen LogP contribution is 2.15. The highest BCUT2D eigenvalue weighted by Gasteiger charge is 2.01. The van der Waals surface area contributed by atoms with Gasteiger partial charge in [-0.25, -0.2) is 4.98 Å². The van der Waals surface area contributed by atoms with Crippen LogP contribution in [0, 0.1) is 0 Å². The Labute approximate surface area is 87.4 Å². The number of hydrogen-bond donors (Lipinski definition) is 2. The van der Waals surface area contributed by atoms with Gasteiger partial charge in [0.1, 0.15) is 5.82 Å². The Morgan fingerprint density at radius 2 is 2.13 bits per heavy atom. The van der Waals surface area contributed by atoms with Gasteiger partial charge in [-0.2, -0.15) is 0 Å². The van der Waals surface area contributed by atoms with Gasteiger partial charge < -0.3 is 11.1 Å². The first kappa shape index (κ1) is 9.54. The minimum Gasteiger partial charge on any atom is -0.337 e. The fourth-order valence-corrected chi connectivity index (χ4v) is 1.22. The molecular weight excluding hydrogens is 190 g/mol. The van der Waals surface area contributed by atoms with E-state index in [2.05, 4.69) is 20.3 Å². The molecule has 0 atom stereocenters. The van der Waals surface area contributed by atoms with Crippen LogP contribution in [0.1, 0.15) is 5.69 Å². The van der Waals surface area contributed by atoms with Gasteiger partial charge in [0.2, 0.25) is 0 Å². The molecule has 3 N–H and O–H groups in total. The standard InChI is InChI=1S/C10H11N5/c11-6-9-8(2-1-3-13-9)15-10-7-12-4-5-14-10/h1-5,7H,6,11H2,(H,14,15). The molecule has 0 unspecified atom stereocenters. The minimum absolute atomic E-state index is 0.392. The molecule has 0 aliphatic rings. The molecule has 0 spiro atoms. The summed E-state index contributed by atoms with van der Waals surface area (Å²) in [6, 6.07) is 3.75. The summed E-state index contributed by atoms with van der Waals surface area (Å²) in [6.07, 6.45) is 6.61. The van der Waals surface area contributed by atoms with Crippen molar-refractivity contribution in [1.82, 2.24) is 15.0 Å². The molecule has 0 bridgehead atoms. The Morgan fingerprint density at radius 1 is 1.20 bits per heavy atom. The third-order valence-electron chi connectivity index (χ3n) is 1.91. The van der Waals surface area contributed by atoms with Crippen LogP contribution in [-0.4, -0.2) is 15.0 Å².